The number of aromatic nitrogens is 2. The Morgan fingerprint density at radius 3 is 2.65 bits per heavy atom. The lowest BCUT2D eigenvalue weighted by Gasteiger charge is -2.12. The lowest BCUT2D eigenvalue weighted by atomic mass is 10.1. The van der Waals surface area contributed by atoms with Crippen molar-refractivity contribution in [1.29, 1.82) is 5.26 Å². The van der Waals surface area contributed by atoms with E-state index in [9.17, 15) is 18.5 Å². The predicted molar refractivity (Wildman–Crippen MR) is 140 cm³/mol. The fourth-order valence-electron chi connectivity index (χ4n) is 3.03. The zero-order valence-corrected chi connectivity index (χ0v) is 22.2. The molecule has 0 atom stereocenters. The lowest BCUT2D eigenvalue weighted by molar-refractivity contribution is -0.112. The molecule has 1 heterocycles. The van der Waals surface area contributed by atoms with Crippen molar-refractivity contribution in [3.05, 3.63) is 59.2 Å². The maximum atomic E-state index is 12.5. The molecule has 0 spiro atoms. The van der Waals surface area contributed by atoms with Crippen molar-refractivity contribution < 1.29 is 27.4 Å². The summed E-state index contributed by atoms with van der Waals surface area (Å²) in [4.78, 5) is 16.4. The van der Waals surface area contributed by atoms with Gasteiger partial charge < -0.3 is 14.2 Å². The van der Waals surface area contributed by atoms with Crippen LogP contribution in [0.1, 0.15) is 24.5 Å². The van der Waals surface area contributed by atoms with Crippen molar-refractivity contribution in [1.82, 2.24) is 9.36 Å². The number of nitrogens with zero attached hydrogens (tertiary/aromatic N) is 3. The highest BCUT2D eigenvalue weighted by atomic mass is 32.2. The van der Waals surface area contributed by atoms with Gasteiger partial charge >= 0.3 is 0 Å². The van der Waals surface area contributed by atoms with Gasteiger partial charge in [0.15, 0.2) is 11.5 Å². The average molecular weight is 543 g/mol. The minimum Gasteiger partial charge on any atom is -0.493 e. The molecule has 0 aliphatic carbocycles. The molecule has 0 saturated heterocycles. The molecular weight excluding hydrogens is 516 g/mol. The zero-order valence-electron chi connectivity index (χ0n) is 20.6. The molecule has 12 heteroatoms. The topological polar surface area (TPSA) is 140 Å². The Hall–Kier alpha value is -3.95. The summed E-state index contributed by atoms with van der Waals surface area (Å²) < 4.78 is 44.4. The van der Waals surface area contributed by atoms with Gasteiger partial charge in [-0.2, -0.15) is 14.6 Å². The maximum absolute atomic E-state index is 12.5. The smallest absolute Gasteiger partial charge is 0.268 e. The highest BCUT2D eigenvalue weighted by Crippen LogP contribution is 2.29. The third-order valence-electron chi connectivity index (χ3n) is 4.95. The number of anilines is 1. The third-order valence-corrected chi connectivity index (χ3v) is 7.20. The largest absolute Gasteiger partial charge is 0.493 e. The highest BCUT2D eigenvalue weighted by molar-refractivity contribution is 7.91. The molecule has 0 unspecified atom stereocenters. The number of aryl methyl sites for hydroxylation is 1. The van der Waals surface area contributed by atoms with Crippen LogP contribution in [0.25, 0.3) is 6.08 Å². The van der Waals surface area contributed by atoms with Crippen molar-refractivity contribution in [3.63, 3.8) is 0 Å². The first-order valence-corrected chi connectivity index (χ1v) is 13.7. The van der Waals surface area contributed by atoms with E-state index in [1.807, 2.05) is 37.3 Å². The average Bonchev–Trinajstić information content (AvgIpc) is 3.37. The standard InChI is InChI=1S/C25H26N4O6S2/c1-4-37(31,32)25-28-24(36-29-25)27-23(30)19(16-26)14-18-9-10-21(22(15-18)33-3)35-12-6-11-34-20-8-5-7-17(2)13-20/h5,7-10,13-15H,4,6,11-12H2,1-3H3,(H,27,28,29,30). The van der Waals surface area contributed by atoms with Crippen molar-refractivity contribution in [3.8, 4) is 23.3 Å². The van der Waals surface area contributed by atoms with Crippen LogP contribution in [-0.2, 0) is 14.6 Å². The molecule has 1 N–H and O–H groups in total. The van der Waals surface area contributed by atoms with Gasteiger partial charge in [-0.15, -0.1) is 0 Å². The fraction of sp³-hybridized carbons (Fsp3) is 0.280. The number of carbonyl (C=O) groups excluding carboxylic acids is 1. The molecule has 0 aliphatic heterocycles. The molecule has 0 fully saturated rings. The van der Waals surface area contributed by atoms with E-state index in [-0.39, 0.29) is 21.6 Å². The molecule has 3 rings (SSSR count). The van der Waals surface area contributed by atoms with Gasteiger partial charge in [-0.3, -0.25) is 10.1 Å². The SMILES string of the molecule is CCS(=O)(=O)c1nsc(NC(=O)C(C#N)=Cc2ccc(OCCCOc3cccc(C)c3)c(OC)c2)n1. The van der Waals surface area contributed by atoms with E-state index in [0.717, 1.165) is 22.8 Å². The summed E-state index contributed by atoms with van der Waals surface area (Å²) in [5.74, 6) is 0.848. The van der Waals surface area contributed by atoms with E-state index >= 15 is 0 Å². The molecular formula is C25H26N4O6S2. The number of benzene rings is 2. The monoisotopic (exact) mass is 542 g/mol. The number of nitriles is 1. The number of sulfone groups is 1. The normalized spacial score (nSPS) is 11.5. The number of carbonyl (C=O) groups is 1. The van der Waals surface area contributed by atoms with E-state index < -0.39 is 15.7 Å². The Balaban J connectivity index is 1.60. The molecule has 194 valence electrons. The minimum atomic E-state index is -3.60. The van der Waals surface area contributed by atoms with Crippen molar-refractivity contribution in [2.75, 3.05) is 31.4 Å². The van der Waals surface area contributed by atoms with Crippen molar-refractivity contribution in [2.45, 2.75) is 25.4 Å². The van der Waals surface area contributed by atoms with Crippen LogP contribution in [0, 0.1) is 18.3 Å². The first-order valence-electron chi connectivity index (χ1n) is 11.3. The lowest BCUT2D eigenvalue weighted by Crippen LogP contribution is -2.13. The number of ether oxygens (including phenoxy) is 3. The van der Waals surface area contributed by atoms with Gasteiger partial charge in [-0.25, -0.2) is 8.42 Å². The zero-order chi connectivity index (χ0) is 26.8. The fourth-order valence-corrected chi connectivity index (χ4v) is 4.61. The minimum absolute atomic E-state index is 0.0223. The van der Waals surface area contributed by atoms with Crippen LogP contribution in [0.4, 0.5) is 5.13 Å². The summed E-state index contributed by atoms with van der Waals surface area (Å²) in [6.45, 7) is 4.37. The van der Waals surface area contributed by atoms with E-state index in [1.165, 1.54) is 20.1 Å². The van der Waals surface area contributed by atoms with Gasteiger partial charge in [0.1, 0.15) is 17.4 Å². The Labute approximate surface area is 219 Å². The predicted octanol–water partition coefficient (Wildman–Crippen LogP) is 4.04. The molecule has 10 nitrogen and oxygen atoms in total. The number of hydrogen-bond donors (Lipinski definition) is 1. The van der Waals surface area contributed by atoms with Crippen LogP contribution in [-0.4, -0.2) is 49.8 Å². The molecule has 3 aromatic rings. The molecule has 37 heavy (non-hydrogen) atoms. The van der Waals surface area contributed by atoms with Crippen LogP contribution in [0.5, 0.6) is 17.2 Å². The number of amides is 1. The maximum Gasteiger partial charge on any atom is 0.268 e. The van der Waals surface area contributed by atoms with Crippen LogP contribution in [0.15, 0.2) is 53.2 Å². The Morgan fingerprint density at radius 1 is 1.16 bits per heavy atom. The summed E-state index contributed by atoms with van der Waals surface area (Å²) in [5, 5.41) is 11.5. The first kappa shape index (κ1) is 27.6. The second-order valence-corrected chi connectivity index (χ2v) is 10.6. The third kappa shape index (κ3) is 7.77. The van der Waals surface area contributed by atoms with Gasteiger partial charge in [-0.1, -0.05) is 25.1 Å². The van der Waals surface area contributed by atoms with Crippen LogP contribution < -0.4 is 19.5 Å². The Kier molecular flexibility index (Phi) is 9.59. The summed E-state index contributed by atoms with van der Waals surface area (Å²) in [7, 11) is -2.11. The second-order valence-electron chi connectivity index (χ2n) is 7.69. The highest BCUT2D eigenvalue weighted by Gasteiger charge is 2.20. The van der Waals surface area contributed by atoms with Crippen molar-refractivity contribution >= 4 is 38.5 Å². The number of nitrogens with one attached hydrogen (secondary N) is 1. The summed E-state index contributed by atoms with van der Waals surface area (Å²) >= 11 is 0.718. The van der Waals surface area contributed by atoms with Gasteiger partial charge in [0, 0.05) is 18.0 Å². The number of hydrogen-bond acceptors (Lipinski definition) is 10. The van der Waals surface area contributed by atoms with E-state index in [2.05, 4.69) is 14.7 Å². The second kappa shape index (κ2) is 12.8. The summed E-state index contributed by atoms with van der Waals surface area (Å²) in [6, 6.07) is 14.7. The van der Waals surface area contributed by atoms with Crippen LogP contribution in [0.3, 0.4) is 0 Å². The molecule has 2 aromatic carbocycles. The van der Waals surface area contributed by atoms with E-state index in [0.29, 0.717) is 36.7 Å². The number of methoxy groups -OCH3 is 1. The molecule has 0 aliphatic rings. The van der Waals surface area contributed by atoms with Gasteiger partial charge in [0.05, 0.1) is 26.1 Å². The van der Waals surface area contributed by atoms with Gasteiger partial charge in [-0.05, 0) is 48.4 Å². The van der Waals surface area contributed by atoms with Crippen LogP contribution in [0.2, 0.25) is 0 Å². The Morgan fingerprint density at radius 2 is 1.95 bits per heavy atom. The molecule has 1 amide bonds. The quantitative estimate of drug-likeness (QED) is 0.204. The van der Waals surface area contributed by atoms with Crippen molar-refractivity contribution in [2.24, 2.45) is 0 Å². The summed E-state index contributed by atoms with van der Waals surface area (Å²) in [5.41, 5.74) is 1.45. The Bertz CT molecular complexity index is 1430. The van der Waals surface area contributed by atoms with Gasteiger partial charge in [0.25, 0.3) is 11.1 Å². The summed E-state index contributed by atoms with van der Waals surface area (Å²) in [6.07, 6.45) is 2.03. The molecule has 0 saturated carbocycles. The van der Waals surface area contributed by atoms with E-state index in [4.69, 9.17) is 14.2 Å². The molecule has 0 radical (unpaired) electrons. The van der Waals surface area contributed by atoms with Crippen LogP contribution >= 0.6 is 11.5 Å². The van der Waals surface area contributed by atoms with E-state index in [1.54, 1.807) is 18.2 Å². The van der Waals surface area contributed by atoms with Gasteiger partial charge in [0.2, 0.25) is 15.0 Å². The molecule has 0 bridgehead atoms. The number of rotatable bonds is 12. The first-order chi connectivity index (χ1) is 17.7. The molecule has 1 aromatic heterocycles.